The van der Waals surface area contributed by atoms with Crippen LogP contribution in [0.3, 0.4) is 0 Å². The quantitative estimate of drug-likeness (QED) is 0.471. The van der Waals surface area contributed by atoms with Crippen LogP contribution in [0.25, 0.3) is 5.69 Å². The molecule has 3 rings (SSSR count). The highest BCUT2D eigenvalue weighted by Crippen LogP contribution is 2.24. The third kappa shape index (κ3) is 4.78. The van der Waals surface area contributed by atoms with Crippen molar-refractivity contribution in [1.29, 1.82) is 0 Å². The van der Waals surface area contributed by atoms with Gasteiger partial charge in [-0.1, -0.05) is 29.2 Å². The average Bonchev–Trinajstić information content (AvgIpc) is 2.94. The topological polar surface area (TPSA) is 46.9 Å². The van der Waals surface area contributed by atoms with Crippen LogP contribution < -0.4 is 5.32 Å². The van der Waals surface area contributed by atoms with Crippen molar-refractivity contribution in [3.8, 4) is 5.69 Å². The number of benzene rings is 2. The SMILES string of the molecule is Cc1cc(C)cc(NC(=O)CSc2nn(-c3ccc(F)cc3)c(=S)s2)c1. The van der Waals surface area contributed by atoms with Gasteiger partial charge in [-0.3, -0.25) is 4.79 Å². The summed E-state index contributed by atoms with van der Waals surface area (Å²) in [5.41, 5.74) is 3.68. The number of nitrogens with one attached hydrogen (secondary N) is 1. The van der Waals surface area contributed by atoms with Gasteiger partial charge in [-0.15, -0.1) is 5.10 Å². The molecule has 0 aliphatic heterocycles. The largest absolute Gasteiger partial charge is 0.325 e. The van der Waals surface area contributed by atoms with E-state index >= 15 is 0 Å². The molecule has 0 fully saturated rings. The molecular formula is C18H16FN3OS3. The molecule has 0 radical (unpaired) electrons. The van der Waals surface area contributed by atoms with Crippen LogP contribution in [0.15, 0.2) is 46.8 Å². The van der Waals surface area contributed by atoms with Crippen LogP contribution >= 0.6 is 35.3 Å². The highest BCUT2D eigenvalue weighted by atomic mass is 32.2. The highest BCUT2D eigenvalue weighted by Gasteiger charge is 2.10. The molecule has 0 saturated carbocycles. The standard InChI is InChI=1S/C18H16FN3OS3/c1-11-7-12(2)9-14(8-11)20-16(23)10-25-17-21-22(18(24)26-17)15-5-3-13(19)4-6-15/h3-9H,10H2,1-2H3,(H,20,23). The number of nitrogens with zero attached hydrogens (tertiary/aromatic N) is 2. The lowest BCUT2D eigenvalue weighted by Crippen LogP contribution is -2.14. The third-order valence-electron chi connectivity index (χ3n) is 3.43. The summed E-state index contributed by atoms with van der Waals surface area (Å²) in [4.78, 5) is 12.2. The molecule has 0 unspecified atom stereocenters. The fourth-order valence-electron chi connectivity index (χ4n) is 2.44. The first-order chi connectivity index (χ1) is 12.4. The molecule has 0 bridgehead atoms. The third-order valence-corrected chi connectivity index (χ3v) is 5.80. The number of amides is 1. The predicted octanol–water partition coefficient (Wildman–Crippen LogP) is 5.15. The maximum absolute atomic E-state index is 13.0. The highest BCUT2D eigenvalue weighted by molar-refractivity contribution is 8.01. The van der Waals surface area contributed by atoms with Crippen LogP contribution in [-0.4, -0.2) is 21.4 Å². The molecule has 3 aromatic rings. The number of rotatable bonds is 5. The van der Waals surface area contributed by atoms with Gasteiger partial charge in [0.25, 0.3) is 0 Å². The van der Waals surface area contributed by atoms with Crippen molar-refractivity contribution in [2.24, 2.45) is 0 Å². The van der Waals surface area contributed by atoms with E-state index in [4.69, 9.17) is 12.2 Å². The van der Waals surface area contributed by atoms with E-state index < -0.39 is 0 Å². The summed E-state index contributed by atoms with van der Waals surface area (Å²) in [5, 5.41) is 7.30. The van der Waals surface area contributed by atoms with Gasteiger partial charge in [0, 0.05) is 5.69 Å². The van der Waals surface area contributed by atoms with Gasteiger partial charge < -0.3 is 5.32 Å². The Labute approximate surface area is 164 Å². The van der Waals surface area contributed by atoms with E-state index in [2.05, 4.69) is 16.5 Å². The Hall–Kier alpha value is -2.03. The summed E-state index contributed by atoms with van der Waals surface area (Å²) in [7, 11) is 0. The van der Waals surface area contributed by atoms with E-state index in [0.29, 0.717) is 14.0 Å². The molecule has 0 aliphatic rings. The molecule has 1 heterocycles. The van der Waals surface area contributed by atoms with Crippen molar-refractivity contribution < 1.29 is 9.18 Å². The molecule has 0 atom stereocenters. The maximum atomic E-state index is 13.0. The second-order valence-corrected chi connectivity index (χ2v) is 8.58. The molecule has 26 heavy (non-hydrogen) atoms. The fraction of sp³-hybridized carbons (Fsp3) is 0.167. The molecule has 8 heteroatoms. The minimum absolute atomic E-state index is 0.102. The van der Waals surface area contributed by atoms with Gasteiger partial charge in [-0.2, -0.15) is 0 Å². The van der Waals surface area contributed by atoms with Gasteiger partial charge >= 0.3 is 0 Å². The van der Waals surface area contributed by atoms with E-state index in [1.54, 1.807) is 16.8 Å². The van der Waals surface area contributed by atoms with Gasteiger partial charge in [0.1, 0.15) is 5.82 Å². The molecular weight excluding hydrogens is 389 g/mol. The number of carbonyl (C=O) groups excluding carboxylic acids is 1. The molecule has 1 aromatic heterocycles. The lowest BCUT2D eigenvalue weighted by atomic mass is 10.1. The number of aryl methyl sites for hydroxylation is 2. The Morgan fingerprint density at radius 1 is 1.23 bits per heavy atom. The molecule has 0 aliphatic carbocycles. The predicted molar refractivity (Wildman–Crippen MR) is 108 cm³/mol. The van der Waals surface area contributed by atoms with E-state index in [-0.39, 0.29) is 17.5 Å². The van der Waals surface area contributed by atoms with E-state index in [1.165, 1.54) is 35.2 Å². The average molecular weight is 406 g/mol. The van der Waals surface area contributed by atoms with Gasteiger partial charge in [0.2, 0.25) is 5.91 Å². The second-order valence-electron chi connectivity index (χ2n) is 5.74. The van der Waals surface area contributed by atoms with Crippen LogP contribution in [-0.2, 0) is 4.79 Å². The molecule has 0 saturated heterocycles. The number of thioether (sulfide) groups is 1. The van der Waals surface area contributed by atoms with Crippen molar-refractivity contribution in [3.63, 3.8) is 0 Å². The molecule has 134 valence electrons. The van der Waals surface area contributed by atoms with Crippen LogP contribution in [0, 0.1) is 23.6 Å². The van der Waals surface area contributed by atoms with Gasteiger partial charge in [-0.25, -0.2) is 9.07 Å². The zero-order valence-corrected chi connectivity index (χ0v) is 16.6. The molecule has 0 spiro atoms. The van der Waals surface area contributed by atoms with Crippen molar-refractivity contribution in [1.82, 2.24) is 9.78 Å². The van der Waals surface area contributed by atoms with Gasteiger partial charge in [0.15, 0.2) is 8.29 Å². The first-order valence-electron chi connectivity index (χ1n) is 7.78. The minimum Gasteiger partial charge on any atom is -0.325 e. The number of halogens is 1. The maximum Gasteiger partial charge on any atom is 0.234 e. The Morgan fingerprint density at radius 3 is 2.54 bits per heavy atom. The Morgan fingerprint density at radius 2 is 1.88 bits per heavy atom. The number of aromatic nitrogens is 2. The van der Waals surface area contributed by atoms with E-state index in [9.17, 15) is 9.18 Å². The Bertz CT molecular complexity index is 975. The van der Waals surface area contributed by atoms with Crippen LogP contribution in [0.5, 0.6) is 0 Å². The zero-order valence-electron chi connectivity index (χ0n) is 14.2. The molecule has 1 amide bonds. The second kappa shape index (κ2) is 8.11. The van der Waals surface area contributed by atoms with Gasteiger partial charge in [0.05, 0.1) is 11.4 Å². The first-order valence-corrected chi connectivity index (χ1v) is 9.99. The minimum atomic E-state index is -0.312. The number of hydrogen-bond acceptors (Lipinski definition) is 5. The normalized spacial score (nSPS) is 10.7. The number of carbonyl (C=O) groups is 1. The van der Waals surface area contributed by atoms with Crippen molar-refractivity contribution in [2.75, 3.05) is 11.1 Å². The monoisotopic (exact) mass is 405 g/mol. The zero-order chi connectivity index (χ0) is 18.7. The Balaban J connectivity index is 1.64. The summed E-state index contributed by atoms with van der Waals surface area (Å²) in [5.74, 6) is -0.179. The van der Waals surface area contributed by atoms with Crippen LogP contribution in [0.4, 0.5) is 10.1 Å². The summed E-state index contributed by atoms with van der Waals surface area (Å²) < 4.78 is 15.9. The Kier molecular flexibility index (Phi) is 5.85. The fourth-order valence-corrected chi connectivity index (χ4v) is 4.60. The molecule has 1 N–H and O–H groups in total. The lowest BCUT2D eigenvalue weighted by Gasteiger charge is -2.06. The number of hydrogen-bond donors (Lipinski definition) is 1. The smallest absolute Gasteiger partial charge is 0.234 e. The van der Waals surface area contributed by atoms with E-state index in [1.807, 2.05) is 26.0 Å². The summed E-state index contributed by atoms with van der Waals surface area (Å²) in [6.07, 6.45) is 0. The van der Waals surface area contributed by atoms with Crippen molar-refractivity contribution >= 4 is 46.9 Å². The first kappa shape index (κ1) is 18.8. The molecule has 4 nitrogen and oxygen atoms in total. The lowest BCUT2D eigenvalue weighted by molar-refractivity contribution is -0.113. The van der Waals surface area contributed by atoms with Crippen molar-refractivity contribution in [3.05, 3.63) is 63.4 Å². The summed E-state index contributed by atoms with van der Waals surface area (Å²) in [6.45, 7) is 3.98. The van der Waals surface area contributed by atoms with Crippen LogP contribution in [0.2, 0.25) is 0 Å². The van der Waals surface area contributed by atoms with Crippen LogP contribution in [0.1, 0.15) is 11.1 Å². The summed E-state index contributed by atoms with van der Waals surface area (Å²) >= 11 is 7.96. The van der Waals surface area contributed by atoms with E-state index in [0.717, 1.165) is 16.8 Å². The molecule has 2 aromatic carbocycles. The summed E-state index contributed by atoms with van der Waals surface area (Å²) in [6, 6.07) is 11.9. The van der Waals surface area contributed by atoms with Crippen molar-refractivity contribution in [2.45, 2.75) is 18.2 Å². The van der Waals surface area contributed by atoms with Gasteiger partial charge in [-0.05, 0) is 73.6 Å². The number of anilines is 1.